The van der Waals surface area contributed by atoms with Gasteiger partial charge in [0.15, 0.2) is 11.6 Å². The number of benzene rings is 1. The van der Waals surface area contributed by atoms with Crippen molar-refractivity contribution >= 4 is 23.8 Å². The molecule has 1 fully saturated rings. The van der Waals surface area contributed by atoms with Crippen molar-refractivity contribution in [2.24, 2.45) is 0 Å². The van der Waals surface area contributed by atoms with E-state index in [4.69, 9.17) is 15.2 Å². The van der Waals surface area contributed by atoms with Crippen molar-refractivity contribution in [3.8, 4) is 11.5 Å². The van der Waals surface area contributed by atoms with Crippen molar-refractivity contribution in [2.75, 3.05) is 18.8 Å². The number of aromatic nitrogens is 1. The molecule has 0 unspecified atom stereocenters. The molecule has 0 radical (unpaired) electrons. The lowest BCUT2D eigenvalue weighted by Crippen LogP contribution is -2.47. The fourth-order valence-electron chi connectivity index (χ4n) is 3.32. The molecule has 2 aromatic rings. The molecule has 1 aromatic heterocycles. The van der Waals surface area contributed by atoms with Crippen molar-refractivity contribution < 1.29 is 23.5 Å². The SMILES string of the molecule is CC(C)(C)OC(=O)NC1CCN(C(=O)/C=C/c2cnccc2Oc2ccc(N)cc2F)CC1. The summed E-state index contributed by atoms with van der Waals surface area (Å²) in [7, 11) is 0. The van der Waals surface area contributed by atoms with Gasteiger partial charge in [-0.2, -0.15) is 0 Å². The van der Waals surface area contributed by atoms with E-state index < -0.39 is 17.5 Å². The van der Waals surface area contributed by atoms with Gasteiger partial charge in [-0.1, -0.05) is 0 Å². The van der Waals surface area contributed by atoms with Crippen LogP contribution in [0.4, 0.5) is 14.9 Å². The number of amides is 2. The molecule has 1 aliphatic heterocycles. The van der Waals surface area contributed by atoms with Gasteiger partial charge in [0.1, 0.15) is 11.4 Å². The van der Waals surface area contributed by atoms with Crippen molar-refractivity contribution in [1.82, 2.24) is 15.2 Å². The Morgan fingerprint density at radius 2 is 1.94 bits per heavy atom. The highest BCUT2D eigenvalue weighted by Crippen LogP contribution is 2.28. The summed E-state index contributed by atoms with van der Waals surface area (Å²) in [6, 6.07) is 5.71. The van der Waals surface area contributed by atoms with Crippen LogP contribution in [0.1, 0.15) is 39.2 Å². The molecule has 0 aliphatic carbocycles. The number of ether oxygens (including phenoxy) is 2. The highest BCUT2D eigenvalue weighted by molar-refractivity contribution is 5.92. The molecular formula is C24H29FN4O4. The number of hydrogen-bond donors (Lipinski definition) is 2. The second kappa shape index (κ2) is 10.3. The molecule has 9 heteroatoms. The van der Waals surface area contributed by atoms with Gasteiger partial charge in [0.2, 0.25) is 5.91 Å². The van der Waals surface area contributed by atoms with Gasteiger partial charge >= 0.3 is 6.09 Å². The zero-order chi connectivity index (χ0) is 24.0. The molecule has 0 bridgehead atoms. The van der Waals surface area contributed by atoms with E-state index >= 15 is 0 Å². The van der Waals surface area contributed by atoms with E-state index in [0.29, 0.717) is 42.9 Å². The van der Waals surface area contributed by atoms with Gasteiger partial charge in [-0.3, -0.25) is 9.78 Å². The number of nitrogens with two attached hydrogens (primary N) is 1. The number of carbonyl (C=O) groups excluding carboxylic acids is 2. The van der Waals surface area contributed by atoms with Crippen LogP contribution in [0.3, 0.4) is 0 Å². The van der Waals surface area contributed by atoms with Crippen LogP contribution < -0.4 is 15.8 Å². The molecule has 1 aliphatic rings. The molecule has 3 N–H and O–H groups in total. The molecule has 0 saturated carbocycles. The molecule has 33 heavy (non-hydrogen) atoms. The van der Waals surface area contributed by atoms with E-state index in [1.807, 2.05) is 20.8 Å². The third-order valence-electron chi connectivity index (χ3n) is 4.92. The summed E-state index contributed by atoms with van der Waals surface area (Å²) < 4.78 is 25.0. The Balaban J connectivity index is 1.57. The van der Waals surface area contributed by atoms with E-state index in [-0.39, 0.29) is 17.7 Å². The van der Waals surface area contributed by atoms with Gasteiger partial charge < -0.3 is 25.4 Å². The standard InChI is InChI=1S/C24H29FN4O4/c1-24(2,3)33-23(31)28-18-9-12-29(13-10-18)22(30)7-4-16-15-27-11-8-20(16)32-21-6-5-17(26)14-19(21)25/h4-8,11,14-15,18H,9-10,12-13,26H2,1-3H3,(H,28,31)/b7-4+. The predicted molar refractivity (Wildman–Crippen MR) is 123 cm³/mol. The lowest BCUT2D eigenvalue weighted by Gasteiger charge is -2.32. The third kappa shape index (κ3) is 7.20. The third-order valence-corrected chi connectivity index (χ3v) is 4.92. The van der Waals surface area contributed by atoms with Crippen molar-refractivity contribution in [2.45, 2.75) is 45.3 Å². The van der Waals surface area contributed by atoms with Crippen LogP contribution in [-0.2, 0) is 9.53 Å². The topological polar surface area (TPSA) is 107 Å². The van der Waals surface area contributed by atoms with Crippen LogP contribution in [0.25, 0.3) is 6.08 Å². The van der Waals surface area contributed by atoms with Gasteiger partial charge in [0.05, 0.1) is 0 Å². The number of hydrogen-bond acceptors (Lipinski definition) is 6. The first-order valence-corrected chi connectivity index (χ1v) is 10.7. The molecule has 0 atom stereocenters. The van der Waals surface area contributed by atoms with E-state index in [9.17, 15) is 14.0 Å². The number of carbonyl (C=O) groups is 2. The zero-order valence-corrected chi connectivity index (χ0v) is 19.0. The second-order valence-electron chi connectivity index (χ2n) is 8.78. The van der Waals surface area contributed by atoms with Crippen LogP contribution in [-0.4, -0.2) is 46.6 Å². The van der Waals surface area contributed by atoms with Crippen LogP contribution in [0.5, 0.6) is 11.5 Å². The zero-order valence-electron chi connectivity index (χ0n) is 19.0. The predicted octanol–water partition coefficient (Wildman–Crippen LogP) is 4.12. The Bertz CT molecular complexity index is 1030. The van der Waals surface area contributed by atoms with Gasteiger partial charge in [0, 0.05) is 54.9 Å². The smallest absolute Gasteiger partial charge is 0.407 e. The maximum atomic E-state index is 14.1. The van der Waals surface area contributed by atoms with Gasteiger partial charge in [-0.25, -0.2) is 9.18 Å². The number of rotatable bonds is 5. The summed E-state index contributed by atoms with van der Waals surface area (Å²) in [5.41, 5.74) is 5.85. The minimum absolute atomic E-state index is 0.0240. The average Bonchev–Trinajstić information content (AvgIpc) is 2.74. The minimum Gasteiger partial charge on any atom is -0.454 e. The largest absolute Gasteiger partial charge is 0.454 e. The Hall–Kier alpha value is -3.62. The summed E-state index contributed by atoms with van der Waals surface area (Å²) in [6.07, 6.45) is 6.90. The first-order valence-electron chi connectivity index (χ1n) is 10.7. The quantitative estimate of drug-likeness (QED) is 0.518. The van der Waals surface area contributed by atoms with Crippen molar-refractivity contribution in [1.29, 1.82) is 0 Å². The average molecular weight is 457 g/mol. The molecule has 0 spiro atoms. The maximum Gasteiger partial charge on any atom is 0.407 e. The molecule has 3 rings (SSSR count). The van der Waals surface area contributed by atoms with E-state index in [2.05, 4.69) is 10.3 Å². The summed E-state index contributed by atoms with van der Waals surface area (Å²) in [6.45, 7) is 6.45. The van der Waals surface area contributed by atoms with Crippen LogP contribution in [0.2, 0.25) is 0 Å². The summed E-state index contributed by atoms with van der Waals surface area (Å²) in [5, 5.41) is 2.85. The monoisotopic (exact) mass is 456 g/mol. The number of halogens is 1. The molecule has 1 saturated heterocycles. The fraction of sp³-hybridized carbons (Fsp3) is 0.375. The first-order chi connectivity index (χ1) is 15.6. The fourth-order valence-corrected chi connectivity index (χ4v) is 3.32. The van der Waals surface area contributed by atoms with Crippen molar-refractivity contribution in [3.63, 3.8) is 0 Å². The summed E-state index contributed by atoms with van der Waals surface area (Å²) in [5.74, 6) is -0.367. The number of alkyl carbamates (subject to hydrolysis) is 1. The Kier molecular flexibility index (Phi) is 7.52. The van der Waals surface area contributed by atoms with E-state index in [0.717, 1.165) is 0 Å². The highest BCUT2D eigenvalue weighted by Gasteiger charge is 2.25. The Labute approximate surface area is 192 Å². The maximum absolute atomic E-state index is 14.1. The molecule has 176 valence electrons. The minimum atomic E-state index is -0.583. The Morgan fingerprint density at radius 3 is 2.61 bits per heavy atom. The van der Waals surface area contributed by atoms with E-state index in [1.54, 1.807) is 23.1 Å². The van der Waals surface area contributed by atoms with Crippen LogP contribution in [0, 0.1) is 5.82 Å². The number of nitrogens with zero attached hydrogens (tertiary/aromatic N) is 2. The van der Waals surface area contributed by atoms with Crippen LogP contribution in [0.15, 0.2) is 42.7 Å². The molecule has 1 aromatic carbocycles. The van der Waals surface area contributed by atoms with Gasteiger partial charge in [0.25, 0.3) is 0 Å². The Morgan fingerprint density at radius 1 is 1.21 bits per heavy atom. The number of nitrogen functional groups attached to an aromatic ring is 1. The number of nitrogens with one attached hydrogen (secondary N) is 1. The van der Waals surface area contributed by atoms with E-state index in [1.165, 1.54) is 30.6 Å². The summed E-state index contributed by atoms with van der Waals surface area (Å²) in [4.78, 5) is 30.3. The second-order valence-corrected chi connectivity index (χ2v) is 8.78. The number of piperidine rings is 1. The molecular weight excluding hydrogens is 427 g/mol. The number of pyridine rings is 1. The van der Waals surface area contributed by atoms with Gasteiger partial charge in [-0.05, 0) is 57.9 Å². The lowest BCUT2D eigenvalue weighted by atomic mass is 10.1. The molecule has 2 heterocycles. The normalized spacial score (nSPS) is 14.8. The lowest BCUT2D eigenvalue weighted by molar-refractivity contribution is -0.127. The first kappa shape index (κ1) is 24.0. The number of likely N-dealkylation sites (tertiary alicyclic amines) is 1. The number of anilines is 1. The van der Waals surface area contributed by atoms with Crippen LogP contribution >= 0.6 is 0 Å². The molecule has 8 nitrogen and oxygen atoms in total. The van der Waals surface area contributed by atoms with Gasteiger partial charge in [-0.15, -0.1) is 0 Å². The highest BCUT2D eigenvalue weighted by atomic mass is 19.1. The van der Waals surface area contributed by atoms with Crippen molar-refractivity contribution in [3.05, 3.63) is 54.1 Å². The molecule has 2 amide bonds. The summed E-state index contributed by atoms with van der Waals surface area (Å²) >= 11 is 0.